The van der Waals surface area contributed by atoms with Crippen LogP contribution in [0.2, 0.25) is 5.02 Å². The van der Waals surface area contributed by atoms with Crippen molar-refractivity contribution in [2.75, 3.05) is 20.3 Å². The smallest absolute Gasteiger partial charge is 0.227 e. The van der Waals surface area contributed by atoms with Crippen LogP contribution in [0.5, 0.6) is 11.5 Å². The molecule has 1 aliphatic heterocycles. The average molecular weight is 364 g/mol. The maximum Gasteiger partial charge on any atom is 0.227 e. The second-order valence-electron chi connectivity index (χ2n) is 6.01. The van der Waals surface area contributed by atoms with E-state index in [1.807, 2.05) is 0 Å². The summed E-state index contributed by atoms with van der Waals surface area (Å²) < 4.78 is 24.2. The molecule has 0 saturated heterocycles. The van der Waals surface area contributed by atoms with Gasteiger partial charge in [-0.25, -0.2) is 4.39 Å². The minimum absolute atomic E-state index is 0.0603. The molecule has 2 aromatic carbocycles. The van der Waals surface area contributed by atoms with E-state index in [9.17, 15) is 9.18 Å². The van der Waals surface area contributed by atoms with Crippen LogP contribution in [-0.4, -0.2) is 31.1 Å². The monoisotopic (exact) mass is 363 g/mol. The minimum Gasteiger partial charge on any atom is -0.489 e. The fraction of sp³-hybridized carbons (Fsp3) is 0.316. The van der Waals surface area contributed by atoms with Crippen molar-refractivity contribution in [1.82, 2.24) is 4.90 Å². The van der Waals surface area contributed by atoms with Crippen molar-refractivity contribution >= 4 is 17.5 Å². The maximum absolute atomic E-state index is 13.0. The molecule has 0 aliphatic carbocycles. The van der Waals surface area contributed by atoms with Crippen LogP contribution in [0.15, 0.2) is 36.4 Å². The number of amides is 1. The van der Waals surface area contributed by atoms with Crippen LogP contribution in [0.25, 0.3) is 0 Å². The molecule has 25 heavy (non-hydrogen) atoms. The number of carbonyl (C=O) groups is 1. The summed E-state index contributed by atoms with van der Waals surface area (Å²) in [7, 11) is 1.72. The Balaban J connectivity index is 1.68. The fourth-order valence-corrected chi connectivity index (χ4v) is 2.94. The number of fused-ring (bicyclic) bond motifs is 1. The van der Waals surface area contributed by atoms with E-state index < -0.39 is 0 Å². The molecule has 0 spiro atoms. The summed E-state index contributed by atoms with van der Waals surface area (Å²) >= 11 is 6.26. The fourth-order valence-electron chi connectivity index (χ4n) is 2.65. The van der Waals surface area contributed by atoms with Crippen molar-refractivity contribution < 1.29 is 18.7 Å². The van der Waals surface area contributed by atoms with Gasteiger partial charge in [0.1, 0.15) is 5.82 Å². The summed E-state index contributed by atoms with van der Waals surface area (Å²) in [6, 6.07) is 9.65. The molecule has 132 valence electrons. The van der Waals surface area contributed by atoms with Crippen LogP contribution in [0.4, 0.5) is 4.39 Å². The molecule has 6 heteroatoms. The molecule has 0 radical (unpaired) electrons. The zero-order chi connectivity index (χ0) is 17.8. The molecule has 1 heterocycles. The summed E-state index contributed by atoms with van der Waals surface area (Å²) in [6.07, 6.45) is 0.994. The molecule has 0 N–H and O–H groups in total. The van der Waals surface area contributed by atoms with E-state index in [-0.39, 0.29) is 18.1 Å². The van der Waals surface area contributed by atoms with Gasteiger partial charge in [-0.05, 0) is 35.4 Å². The lowest BCUT2D eigenvalue weighted by Crippen LogP contribution is -2.27. The van der Waals surface area contributed by atoms with E-state index in [2.05, 4.69) is 0 Å². The van der Waals surface area contributed by atoms with Crippen molar-refractivity contribution in [3.05, 3.63) is 58.4 Å². The highest BCUT2D eigenvalue weighted by Gasteiger charge is 2.18. The Morgan fingerprint density at radius 2 is 1.88 bits per heavy atom. The molecule has 1 amide bonds. The molecule has 3 rings (SSSR count). The van der Waals surface area contributed by atoms with Gasteiger partial charge in [-0.1, -0.05) is 23.7 Å². The second kappa shape index (κ2) is 7.74. The van der Waals surface area contributed by atoms with E-state index in [1.165, 1.54) is 12.1 Å². The summed E-state index contributed by atoms with van der Waals surface area (Å²) in [5, 5.41) is 0.448. The van der Waals surface area contributed by atoms with Gasteiger partial charge in [0.15, 0.2) is 11.5 Å². The Morgan fingerprint density at radius 1 is 1.16 bits per heavy atom. The number of rotatable bonds is 4. The number of nitrogens with zero attached hydrogens (tertiary/aromatic N) is 1. The first-order chi connectivity index (χ1) is 12.0. The van der Waals surface area contributed by atoms with Gasteiger partial charge in [0.2, 0.25) is 5.91 Å². The predicted molar refractivity (Wildman–Crippen MR) is 93.6 cm³/mol. The van der Waals surface area contributed by atoms with Crippen molar-refractivity contribution in [1.29, 1.82) is 0 Å². The van der Waals surface area contributed by atoms with Gasteiger partial charge in [-0.2, -0.15) is 0 Å². The summed E-state index contributed by atoms with van der Waals surface area (Å²) in [4.78, 5) is 14.1. The lowest BCUT2D eigenvalue weighted by molar-refractivity contribution is -0.129. The molecule has 0 saturated carbocycles. The number of benzene rings is 2. The quantitative estimate of drug-likeness (QED) is 0.828. The molecule has 0 aromatic heterocycles. The predicted octanol–water partition coefficient (Wildman–Crippen LogP) is 3.84. The normalized spacial score (nSPS) is 13.2. The number of ether oxygens (including phenoxy) is 2. The van der Waals surface area contributed by atoms with Gasteiger partial charge in [-0.15, -0.1) is 0 Å². The molecular formula is C19H19ClFNO3. The highest BCUT2D eigenvalue weighted by atomic mass is 35.5. The van der Waals surface area contributed by atoms with Crippen molar-refractivity contribution in [3.63, 3.8) is 0 Å². The van der Waals surface area contributed by atoms with Gasteiger partial charge in [0.25, 0.3) is 0 Å². The number of carbonyl (C=O) groups excluding carboxylic acids is 1. The molecule has 0 fully saturated rings. The summed E-state index contributed by atoms with van der Waals surface area (Å²) in [6.45, 7) is 1.54. The Morgan fingerprint density at radius 3 is 2.64 bits per heavy atom. The molecule has 1 aliphatic rings. The van der Waals surface area contributed by atoms with Crippen LogP contribution in [0.3, 0.4) is 0 Å². The summed E-state index contributed by atoms with van der Waals surface area (Å²) in [5.74, 6) is 0.762. The minimum atomic E-state index is -0.292. The third kappa shape index (κ3) is 4.42. The van der Waals surface area contributed by atoms with E-state index in [1.54, 1.807) is 36.2 Å². The first-order valence-corrected chi connectivity index (χ1v) is 8.47. The molecule has 0 bridgehead atoms. The number of hydrogen-bond donors (Lipinski definition) is 0. The average Bonchev–Trinajstić information content (AvgIpc) is 2.82. The lowest BCUT2D eigenvalue weighted by atomic mass is 10.1. The van der Waals surface area contributed by atoms with Crippen LogP contribution >= 0.6 is 11.6 Å². The third-order valence-corrected chi connectivity index (χ3v) is 4.26. The van der Waals surface area contributed by atoms with E-state index in [0.29, 0.717) is 36.3 Å². The van der Waals surface area contributed by atoms with E-state index in [4.69, 9.17) is 21.1 Å². The topological polar surface area (TPSA) is 38.8 Å². The SMILES string of the molecule is CN(Cc1ccc(F)cc1)C(=O)Cc1cc(Cl)c2c(c1)OCCCO2. The number of likely N-dealkylation sites (N-methyl/N-ethyl adjacent to an activating group) is 1. The standard InChI is InChI=1S/C19H19ClFNO3/c1-22(12-13-3-5-15(21)6-4-13)18(23)11-14-9-16(20)19-17(10-14)24-7-2-8-25-19/h3-6,9-10H,2,7-8,11-12H2,1H3. The molecule has 0 unspecified atom stereocenters. The van der Waals surface area contributed by atoms with Gasteiger partial charge >= 0.3 is 0 Å². The Bertz CT molecular complexity index is 764. The van der Waals surface area contributed by atoms with Gasteiger partial charge in [0, 0.05) is 20.0 Å². The number of hydrogen-bond acceptors (Lipinski definition) is 3. The Labute approximate surface area is 151 Å². The number of halogens is 2. The first kappa shape index (κ1) is 17.5. The zero-order valence-corrected chi connectivity index (χ0v) is 14.7. The van der Waals surface area contributed by atoms with Crippen LogP contribution < -0.4 is 9.47 Å². The maximum atomic E-state index is 13.0. The van der Waals surface area contributed by atoms with E-state index >= 15 is 0 Å². The largest absolute Gasteiger partial charge is 0.489 e. The second-order valence-corrected chi connectivity index (χ2v) is 6.42. The molecule has 2 aromatic rings. The lowest BCUT2D eigenvalue weighted by Gasteiger charge is -2.18. The van der Waals surface area contributed by atoms with E-state index in [0.717, 1.165) is 17.5 Å². The van der Waals surface area contributed by atoms with Gasteiger partial charge in [-0.3, -0.25) is 4.79 Å². The summed E-state index contributed by atoms with van der Waals surface area (Å²) in [5.41, 5.74) is 1.64. The molecule has 4 nitrogen and oxygen atoms in total. The molecule has 0 atom stereocenters. The van der Waals surface area contributed by atoms with Crippen LogP contribution in [0.1, 0.15) is 17.5 Å². The third-order valence-electron chi connectivity index (χ3n) is 3.98. The zero-order valence-electron chi connectivity index (χ0n) is 13.9. The highest BCUT2D eigenvalue weighted by Crippen LogP contribution is 2.38. The van der Waals surface area contributed by atoms with Crippen LogP contribution in [-0.2, 0) is 17.8 Å². The molecular weight excluding hydrogens is 345 g/mol. The highest BCUT2D eigenvalue weighted by molar-refractivity contribution is 6.32. The van der Waals surface area contributed by atoms with Gasteiger partial charge < -0.3 is 14.4 Å². The first-order valence-electron chi connectivity index (χ1n) is 8.09. The van der Waals surface area contributed by atoms with Crippen molar-refractivity contribution in [2.24, 2.45) is 0 Å². The van der Waals surface area contributed by atoms with Gasteiger partial charge in [0.05, 0.1) is 24.7 Å². The van der Waals surface area contributed by atoms with Crippen molar-refractivity contribution in [2.45, 2.75) is 19.4 Å². The Hall–Kier alpha value is -2.27. The Kier molecular flexibility index (Phi) is 5.43. The van der Waals surface area contributed by atoms with Crippen molar-refractivity contribution in [3.8, 4) is 11.5 Å². The van der Waals surface area contributed by atoms with Crippen LogP contribution in [0, 0.1) is 5.82 Å².